The average molecular weight is 316 g/mol. The fourth-order valence-electron chi connectivity index (χ4n) is 2.29. The molecule has 2 N–H and O–H groups in total. The zero-order chi connectivity index (χ0) is 16.3. The van der Waals surface area contributed by atoms with Crippen LogP contribution in [0.15, 0.2) is 48.5 Å². The number of hydrazine groups is 1. The van der Waals surface area contributed by atoms with Crippen LogP contribution in [0.4, 0.5) is 10.1 Å². The van der Waals surface area contributed by atoms with Crippen molar-refractivity contribution in [1.29, 1.82) is 0 Å². The van der Waals surface area contributed by atoms with Gasteiger partial charge in [-0.2, -0.15) is 0 Å². The van der Waals surface area contributed by atoms with Gasteiger partial charge in [-0.15, -0.1) is 0 Å². The maximum atomic E-state index is 13.7. The normalized spacial score (nSPS) is 10.5. The molecule has 0 aliphatic carbocycles. The van der Waals surface area contributed by atoms with E-state index in [2.05, 4.69) is 17.8 Å². The average Bonchev–Trinajstić information content (AvgIpc) is 2.55. The lowest BCUT2D eigenvalue weighted by Crippen LogP contribution is -2.20. The van der Waals surface area contributed by atoms with Gasteiger partial charge in [-0.05, 0) is 36.2 Å². The SMILES string of the molecule is CCCCCCOc1cc(F)cc(CNNc2ccccc2)c1. The summed E-state index contributed by atoms with van der Waals surface area (Å²) in [6.45, 7) is 3.33. The van der Waals surface area contributed by atoms with Crippen molar-refractivity contribution >= 4 is 5.69 Å². The van der Waals surface area contributed by atoms with Gasteiger partial charge in [-0.1, -0.05) is 44.4 Å². The number of nitrogens with one attached hydrogen (secondary N) is 2. The molecule has 0 saturated heterocycles. The predicted octanol–water partition coefficient (Wildman–Crippen LogP) is 4.90. The topological polar surface area (TPSA) is 33.3 Å². The van der Waals surface area contributed by atoms with Gasteiger partial charge < -0.3 is 10.2 Å². The van der Waals surface area contributed by atoms with E-state index in [1.165, 1.54) is 25.0 Å². The molecule has 3 nitrogen and oxygen atoms in total. The first-order valence-corrected chi connectivity index (χ1v) is 8.24. The third-order valence-electron chi connectivity index (χ3n) is 3.50. The molecule has 0 heterocycles. The fourth-order valence-corrected chi connectivity index (χ4v) is 2.29. The summed E-state index contributed by atoms with van der Waals surface area (Å²) in [5, 5.41) is 0. The van der Waals surface area contributed by atoms with Crippen LogP contribution in [0.3, 0.4) is 0 Å². The van der Waals surface area contributed by atoms with Gasteiger partial charge in [0.15, 0.2) is 0 Å². The fraction of sp³-hybridized carbons (Fsp3) is 0.368. The minimum absolute atomic E-state index is 0.271. The third kappa shape index (κ3) is 6.70. The number of ether oxygens (including phenoxy) is 1. The molecule has 0 aliphatic heterocycles. The number of halogens is 1. The summed E-state index contributed by atoms with van der Waals surface area (Å²) < 4.78 is 19.3. The molecule has 124 valence electrons. The minimum atomic E-state index is -0.271. The van der Waals surface area contributed by atoms with Gasteiger partial charge in [0.1, 0.15) is 11.6 Å². The monoisotopic (exact) mass is 316 g/mol. The van der Waals surface area contributed by atoms with Crippen LogP contribution in [0.25, 0.3) is 0 Å². The quantitative estimate of drug-likeness (QED) is 0.483. The lowest BCUT2D eigenvalue weighted by atomic mass is 10.2. The molecule has 4 heteroatoms. The van der Waals surface area contributed by atoms with Gasteiger partial charge >= 0.3 is 0 Å². The zero-order valence-electron chi connectivity index (χ0n) is 13.6. The summed E-state index contributed by atoms with van der Waals surface area (Å²) in [5.41, 5.74) is 7.98. The highest BCUT2D eigenvalue weighted by molar-refractivity contribution is 5.41. The zero-order valence-corrected chi connectivity index (χ0v) is 13.6. The minimum Gasteiger partial charge on any atom is -0.493 e. The largest absolute Gasteiger partial charge is 0.493 e. The summed E-state index contributed by atoms with van der Waals surface area (Å²) in [6.07, 6.45) is 4.58. The Morgan fingerprint density at radius 2 is 1.83 bits per heavy atom. The second-order valence-electron chi connectivity index (χ2n) is 5.55. The van der Waals surface area contributed by atoms with E-state index >= 15 is 0 Å². The van der Waals surface area contributed by atoms with Crippen LogP contribution in [0.2, 0.25) is 0 Å². The highest BCUT2D eigenvalue weighted by Gasteiger charge is 2.02. The maximum Gasteiger partial charge on any atom is 0.127 e. The van der Waals surface area contributed by atoms with Gasteiger partial charge in [0.2, 0.25) is 0 Å². The van der Waals surface area contributed by atoms with Gasteiger partial charge in [0, 0.05) is 18.3 Å². The van der Waals surface area contributed by atoms with Crippen molar-refractivity contribution in [2.45, 2.75) is 39.2 Å². The third-order valence-corrected chi connectivity index (χ3v) is 3.50. The second kappa shape index (κ2) is 9.85. The second-order valence-corrected chi connectivity index (χ2v) is 5.55. The molecule has 0 unspecified atom stereocenters. The number of unbranched alkanes of at least 4 members (excludes halogenated alkanes) is 3. The molecule has 0 fully saturated rings. The Morgan fingerprint density at radius 1 is 1.00 bits per heavy atom. The van der Waals surface area contributed by atoms with E-state index in [9.17, 15) is 4.39 Å². The van der Waals surface area contributed by atoms with E-state index in [4.69, 9.17) is 4.74 Å². The summed E-state index contributed by atoms with van der Waals surface area (Å²) in [6, 6.07) is 14.6. The molecule has 0 bridgehead atoms. The Labute approximate surface area is 137 Å². The first kappa shape index (κ1) is 17.3. The molecule has 0 aliphatic rings. The van der Waals surface area contributed by atoms with E-state index in [0.717, 1.165) is 24.1 Å². The van der Waals surface area contributed by atoms with Crippen LogP contribution >= 0.6 is 0 Å². The Hall–Kier alpha value is -2.07. The van der Waals surface area contributed by atoms with Crippen molar-refractivity contribution < 1.29 is 9.13 Å². The van der Waals surface area contributed by atoms with Crippen molar-refractivity contribution in [3.8, 4) is 5.75 Å². The molecule has 0 spiro atoms. The van der Waals surface area contributed by atoms with Crippen LogP contribution in [-0.2, 0) is 6.54 Å². The van der Waals surface area contributed by atoms with Gasteiger partial charge in [-0.3, -0.25) is 0 Å². The number of rotatable bonds is 10. The molecule has 2 aromatic carbocycles. The van der Waals surface area contributed by atoms with Crippen molar-refractivity contribution in [3.63, 3.8) is 0 Å². The van der Waals surface area contributed by atoms with Gasteiger partial charge in [-0.25, -0.2) is 9.82 Å². The van der Waals surface area contributed by atoms with E-state index in [1.54, 1.807) is 0 Å². The summed E-state index contributed by atoms with van der Waals surface area (Å²) in [7, 11) is 0. The van der Waals surface area contributed by atoms with Crippen LogP contribution in [0.1, 0.15) is 38.2 Å². The smallest absolute Gasteiger partial charge is 0.127 e. The van der Waals surface area contributed by atoms with E-state index in [1.807, 2.05) is 36.4 Å². The van der Waals surface area contributed by atoms with Crippen molar-refractivity contribution in [2.24, 2.45) is 0 Å². The molecule has 0 atom stereocenters. The highest BCUT2D eigenvalue weighted by atomic mass is 19.1. The first-order chi connectivity index (χ1) is 11.3. The molecule has 2 rings (SSSR count). The molecule has 2 aromatic rings. The molecule has 0 radical (unpaired) electrons. The van der Waals surface area contributed by atoms with Crippen LogP contribution in [0.5, 0.6) is 5.75 Å². The molecule has 0 amide bonds. The van der Waals surface area contributed by atoms with Crippen LogP contribution in [0, 0.1) is 5.82 Å². The van der Waals surface area contributed by atoms with Crippen molar-refractivity contribution in [1.82, 2.24) is 5.43 Å². The molecule has 0 aromatic heterocycles. The number of benzene rings is 2. The van der Waals surface area contributed by atoms with Crippen LogP contribution < -0.4 is 15.6 Å². The summed E-state index contributed by atoms with van der Waals surface area (Å²) in [5.74, 6) is 0.325. The Morgan fingerprint density at radius 3 is 2.61 bits per heavy atom. The number of hydrogen-bond donors (Lipinski definition) is 2. The summed E-state index contributed by atoms with van der Waals surface area (Å²) >= 11 is 0. The maximum absolute atomic E-state index is 13.7. The van der Waals surface area contributed by atoms with Gasteiger partial charge in [0.25, 0.3) is 0 Å². The van der Waals surface area contributed by atoms with Crippen LogP contribution in [-0.4, -0.2) is 6.61 Å². The first-order valence-electron chi connectivity index (χ1n) is 8.24. The number of anilines is 1. The molecular formula is C19H25FN2O. The van der Waals surface area contributed by atoms with Gasteiger partial charge in [0.05, 0.1) is 6.61 Å². The number of hydrogen-bond acceptors (Lipinski definition) is 3. The van der Waals surface area contributed by atoms with Crippen molar-refractivity contribution in [2.75, 3.05) is 12.0 Å². The summed E-state index contributed by atoms with van der Waals surface area (Å²) in [4.78, 5) is 0. The Kier molecular flexibility index (Phi) is 7.40. The lowest BCUT2D eigenvalue weighted by molar-refractivity contribution is 0.303. The number of para-hydroxylation sites is 1. The Bertz CT molecular complexity index is 575. The molecule has 23 heavy (non-hydrogen) atoms. The molecule has 0 saturated carbocycles. The van der Waals surface area contributed by atoms with E-state index in [-0.39, 0.29) is 5.82 Å². The lowest BCUT2D eigenvalue weighted by Gasteiger charge is -2.11. The van der Waals surface area contributed by atoms with E-state index in [0.29, 0.717) is 18.9 Å². The highest BCUT2D eigenvalue weighted by Crippen LogP contribution is 2.17. The standard InChI is InChI=1S/C19H25FN2O/c1-2-3-4-8-11-23-19-13-16(12-17(20)14-19)15-21-22-18-9-6-5-7-10-18/h5-7,9-10,12-14,21-22H,2-4,8,11,15H2,1H3. The Balaban J connectivity index is 1.79. The van der Waals surface area contributed by atoms with Crippen molar-refractivity contribution in [3.05, 3.63) is 59.9 Å². The molecular weight excluding hydrogens is 291 g/mol. The predicted molar refractivity (Wildman–Crippen MR) is 92.9 cm³/mol. The van der Waals surface area contributed by atoms with E-state index < -0.39 is 0 Å².